The van der Waals surface area contributed by atoms with Crippen LogP contribution in [0.15, 0.2) is 24.3 Å². The first kappa shape index (κ1) is 10.2. The third-order valence-corrected chi connectivity index (χ3v) is 1.71. The van der Waals surface area contributed by atoms with E-state index < -0.39 is 0 Å². The number of aldehydes is 1. The summed E-state index contributed by atoms with van der Waals surface area (Å²) in [4.78, 5) is 21.2. The molecule has 0 spiro atoms. The molecule has 14 heavy (non-hydrogen) atoms. The first-order chi connectivity index (χ1) is 6.75. The van der Waals surface area contributed by atoms with Crippen LogP contribution in [0.25, 0.3) is 0 Å². The summed E-state index contributed by atoms with van der Waals surface area (Å²) >= 11 is 0. The van der Waals surface area contributed by atoms with E-state index in [0.717, 1.165) is 6.29 Å². The number of carbonyl (C=O) groups is 2. The first-order valence-corrected chi connectivity index (χ1v) is 4.28. The van der Waals surface area contributed by atoms with Crippen LogP contribution >= 0.6 is 0 Å². The zero-order valence-electron chi connectivity index (χ0n) is 7.91. The molecule has 0 aliphatic heterocycles. The fourth-order valence-corrected chi connectivity index (χ4v) is 1.09. The van der Waals surface area contributed by atoms with Gasteiger partial charge in [-0.3, -0.25) is 4.79 Å². The molecule has 0 amide bonds. The lowest BCUT2D eigenvalue weighted by Crippen LogP contribution is -1.95. The summed E-state index contributed by atoms with van der Waals surface area (Å²) in [7, 11) is 0. The number of carbonyl (C=O) groups excluding carboxylic acids is 2. The summed E-state index contributed by atoms with van der Waals surface area (Å²) in [5.74, 6) is 5.46. The molecule has 0 aliphatic carbocycles. The van der Waals surface area contributed by atoms with E-state index in [4.69, 9.17) is 0 Å². The van der Waals surface area contributed by atoms with Gasteiger partial charge < -0.3 is 4.79 Å². The molecule has 2 heteroatoms. The molecule has 2 nitrogen and oxygen atoms in total. The van der Waals surface area contributed by atoms with Crippen molar-refractivity contribution in [3.63, 3.8) is 0 Å². The molecule has 0 aromatic heterocycles. The van der Waals surface area contributed by atoms with Crippen molar-refractivity contribution < 1.29 is 9.59 Å². The Morgan fingerprint density at radius 1 is 1.43 bits per heavy atom. The molecule has 1 aromatic carbocycles. The fraction of sp³-hybridized carbons (Fsp3) is 0.167. The Balaban J connectivity index is 3.03. The second kappa shape index (κ2) is 4.98. The van der Waals surface area contributed by atoms with Gasteiger partial charge in [0.2, 0.25) is 0 Å². The van der Waals surface area contributed by atoms with Gasteiger partial charge in [0.15, 0.2) is 5.78 Å². The predicted molar refractivity (Wildman–Crippen MR) is 54.0 cm³/mol. The third kappa shape index (κ3) is 2.56. The predicted octanol–water partition coefficient (Wildman–Crippen LogP) is 1.83. The van der Waals surface area contributed by atoms with Crippen LogP contribution in [0.1, 0.15) is 29.3 Å². The van der Waals surface area contributed by atoms with Crippen molar-refractivity contribution in [2.45, 2.75) is 13.3 Å². The molecule has 0 unspecified atom stereocenters. The minimum Gasteiger partial charge on any atom is -0.302 e. The molecule has 0 N–H and O–H groups in total. The molecule has 1 rings (SSSR count). The summed E-state index contributed by atoms with van der Waals surface area (Å²) in [6.45, 7) is 1.50. The van der Waals surface area contributed by atoms with Crippen LogP contribution < -0.4 is 0 Å². The Labute approximate surface area is 82.9 Å². The third-order valence-electron chi connectivity index (χ3n) is 1.71. The van der Waals surface area contributed by atoms with E-state index in [1.807, 2.05) is 6.07 Å². The van der Waals surface area contributed by atoms with Crippen molar-refractivity contribution in [2.75, 3.05) is 0 Å². The quantitative estimate of drug-likeness (QED) is 0.401. The van der Waals surface area contributed by atoms with Crippen molar-refractivity contribution in [1.29, 1.82) is 0 Å². The molecule has 0 saturated carbocycles. The lowest BCUT2D eigenvalue weighted by Gasteiger charge is -1.97. The summed E-state index contributed by atoms with van der Waals surface area (Å²) in [6, 6.07) is 7.11. The van der Waals surface area contributed by atoms with E-state index in [-0.39, 0.29) is 12.2 Å². The average molecular weight is 186 g/mol. The molecule has 0 fully saturated rings. The highest BCUT2D eigenvalue weighted by Gasteiger charge is 2.02. The van der Waals surface area contributed by atoms with Gasteiger partial charge in [-0.2, -0.15) is 0 Å². The highest BCUT2D eigenvalue weighted by molar-refractivity contribution is 5.96. The summed E-state index contributed by atoms with van der Waals surface area (Å²) in [6.07, 6.45) is 0.940. The number of Topliss-reactive ketones (excluding diaryl/α,β-unsaturated/α-hetero) is 1. The summed E-state index contributed by atoms with van der Waals surface area (Å²) in [5.41, 5.74) is 1.28. The Bertz CT molecular complexity index is 408. The maximum atomic E-state index is 11.2. The SMILES string of the molecule is CC(=O)c1ccccc1C#CCC=O. The Kier molecular flexibility index (Phi) is 3.63. The van der Waals surface area contributed by atoms with Crippen LogP contribution in [0.3, 0.4) is 0 Å². The van der Waals surface area contributed by atoms with Crippen LogP contribution in [0, 0.1) is 11.8 Å². The van der Waals surface area contributed by atoms with Crippen LogP contribution in [-0.4, -0.2) is 12.1 Å². The average Bonchev–Trinajstić information content (AvgIpc) is 2.19. The molecule has 1 aromatic rings. The number of hydrogen-bond donors (Lipinski definition) is 0. The second-order valence-corrected chi connectivity index (χ2v) is 2.77. The van der Waals surface area contributed by atoms with Crippen molar-refractivity contribution >= 4 is 12.1 Å². The number of ketones is 1. The number of hydrogen-bond acceptors (Lipinski definition) is 2. The first-order valence-electron chi connectivity index (χ1n) is 4.28. The van der Waals surface area contributed by atoms with E-state index in [9.17, 15) is 9.59 Å². The van der Waals surface area contributed by atoms with Crippen molar-refractivity contribution in [3.05, 3.63) is 35.4 Å². The van der Waals surface area contributed by atoms with Crippen molar-refractivity contribution in [2.24, 2.45) is 0 Å². The fourth-order valence-electron chi connectivity index (χ4n) is 1.09. The van der Waals surface area contributed by atoms with Gasteiger partial charge in [-0.05, 0) is 13.0 Å². The molecule has 0 heterocycles. The second-order valence-electron chi connectivity index (χ2n) is 2.77. The van der Waals surface area contributed by atoms with Gasteiger partial charge in [-0.1, -0.05) is 30.0 Å². The summed E-state index contributed by atoms with van der Waals surface area (Å²) < 4.78 is 0. The maximum Gasteiger partial charge on any atom is 0.161 e. The topological polar surface area (TPSA) is 34.1 Å². The lowest BCUT2D eigenvalue weighted by atomic mass is 10.1. The Morgan fingerprint density at radius 2 is 2.14 bits per heavy atom. The Hall–Kier alpha value is -1.88. The monoisotopic (exact) mass is 186 g/mol. The molecule has 0 radical (unpaired) electrons. The van der Waals surface area contributed by atoms with Gasteiger partial charge in [-0.25, -0.2) is 0 Å². The number of rotatable bonds is 2. The zero-order valence-corrected chi connectivity index (χ0v) is 7.91. The maximum absolute atomic E-state index is 11.2. The molecule has 0 aliphatic rings. The standard InChI is InChI=1S/C12H10O2/c1-10(14)12-8-3-2-6-11(12)7-4-5-9-13/h2-3,6,8-9H,5H2,1H3. The molecule has 0 atom stereocenters. The zero-order chi connectivity index (χ0) is 10.4. The van der Waals surface area contributed by atoms with Crippen molar-refractivity contribution in [3.8, 4) is 11.8 Å². The van der Waals surface area contributed by atoms with Gasteiger partial charge in [0.1, 0.15) is 6.29 Å². The minimum atomic E-state index is -0.0130. The van der Waals surface area contributed by atoms with E-state index in [1.165, 1.54) is 6.92 Å². The lowest BCUT2D eigenvalue weighted by molar-refractivity contribution is -0.107. The van der Waals surface area contributed by atoms with E-state index >= 15 is 0 Å². The summed E-state index contributed by atoms with van der Waals surface area (Å²) in [5, 5.41) is 0. The number of benzene rings is 1. The Morgan fingerprint density at radius 3 is 2.79 bits per heavy atom. The van der Waals surface area contributed by atoms with Crippen LogP contribution in [-0.2, 0) is 4.79 Å². The van der Waals surface area contributed by atoms with Crippen molar-refractivity contribution in [1.82, 2.24) is 0 Å². The highest BCUT2D eigenvalue weighted by atomic mass is 16.1. The molecule has 0 saturated heterocycles. The van der Waals surface area contributed by atoms with Crippen LogP contribution in [0.5, 0.6) is 0 Å². The molecule has 70 valence electrons. The minimum absolute atomic E-state index is 0.0130. The van der Waals surface area contributed by atoms with Gasteiger partial charge in [0, 0.05) is 11.1 Å². The van der Waals surface area contributed by atoms with Gasteiger partial charge in [0.25, 0.3) is 0 Å². The van der Waals surface area contributed by atoms with E-state index in [0.29, 0.717) is 11.1 Å². The normalized spacial score (nSPS) is 8.64. The smallest absolute Gasteiger partial charge is 0.161 e. The van der Waals surface area contributed by atoms with E-state index in [1.54, 1.807) is 18.2 Å². The van der Waals surface area contributed by atoms with Crippen LogP contribution in [0.2, 0.25) is 0 Å². The van der Waals surface area contributed by atoms with Crippen LogP contribution in [0.4, 0.5) is 0 Å². The van der Waals surface area contributed by atoms with E-state index in [2.05, 4.69) is 11.8 Å². The van der Waals surface area contributed by atoms with Gasteiger partial charge in [0.05, 0.1) is 6.42 Å². The molecule has 0 bridgehead atoms. The van der Waals surface area contributed by atoms with Gasteiger partial charge >= 0.3 is 0 Å². The highest BCUT2D eigenvalue weighted by Crippen LogP contribution is 2.07. The molecular formula is C12H10O2. The molecular weight excluding hydrogens is 176 g/mol. The van der Waals surface area contributed by atoms with Gasteiger partial charge in [-0.15, -0.1) is 0 Å². The largest absolute Gasteiger partial charge is 0.302 e.